The summed E-state index contributed by atoms with van der Waals surface area (Å²) in [5, 5.41) is 15.5. The quantitative estimate of drug-likeness (QED) is 0.401. The van der Waals surface area contributed by atoms with Crippen molar-refractivity contribution in [3.05, 3.63) is 64.0 Å². The Balaban J connectivity index is 1.17. The zero-order valence-corrected chi connectivity index (χ0v) is 21.4. The first-order valence-electron chi connectivity index (χ1n) is 13.6. The van der Waals surface area contributed by atoms with E-state index in [4.69, 9.17) is 0 Å². The number of nitro benzene ring substituents is 1. The molecule has 0 radical (unpaired) electrons. The third kappa shape index (κ3) is 4.55. The molecule has 1 aliphatic heterocycles. The molecule has 0 aromatic heterocycles. The maximum atomic E-state index is 13.6. The zero-order chi connectivity index (χ0) is 25.7. The number of halogens is 1. The number of piperazine rings is 1. The predicted octanol–water partition coefficient (Wildman–Crippen LogP) is 5.71. The Morgan fingerprint density at radius 2 is 1.68 bits per heavy atom. The van der Waals surface area contributed by atoms with E-state index in [1.165, 1.54) is 50.7 Å². The lowest BCUT2D eigenvalue weighted by atomic mass is 9.48. The van der Waals surface area contributed by atoms with Crippen LogP contribution in [0.1, 0.15) is 55.8 Å². The van der Waals surface area contributed by atoms with Crippen molar-refractivity contribution in [1.29, 1.82) is 0 Å². The number of nitrogens with one attached hydrogen (secondary N) is 1. The molecule has 1 heterocycles. The van der Waals surface area contributed by atoms with Crippen molar-refractivity contribution in [2.45, 2.75) is 51.5 Å². The minimum Gasteiger partial charge on any atom is -0.376 e. The topological polar surface area (TPSA) is 78.7 Å². The highest BCUT2D eigenvalue weighted by Gasteiger charge is 2.53. The molecule has 5 aliphatic rings. The van der Waals surface area contributed by atoms with Gasteiger partial charge in [-0.3, -0.25) is 14.9 Å². The highest BCUT2D eigenvalue weighted by Crippen LogP contribution is 2.61. The van der Waals surface area contributed by atoms with Gasteiger partial charge in [0.2, 0.25) is 0 Å². The van der Waals surface area contributed by atoms with Crippen molar-refractivity contribution in [3.63, 3.8) is 0 Å². The van der Waals surface area contributed by atoms with Crippen LogP contribution < -0.4 is 10.2 Å². The molecular weight excluding hydrogens is 471 g/mol. The Morgan fingerprint density at radius 3 is 2.27 bits per heavy atom. The molecule has 1 N–H and O–H groups in total. The van der Waals surface area contributed by atoms with Crippen LogP contribution in [0.15, 0.2) is 42.5 Å². The standard InChI is InChI=1S/C29H35FN4O3/c1-19(29-16-20-11-21(17-29)13-22(12-20)18-29)31-26-15-25(5-6-27(26)34(36)37)32-7-9-33(10-8-32)28(35)23-3-2-4-24(30)14-23/h2-6,14-15,19-22,31H,7-13,16-18H2,1H3/t19-,20?,21?,22?,29?/m0/s1. The van der Waals surface area contributed by atoms with Gasteiger partial charge in [-0.15, -0.1) is 0 Å². The molecule has 2 aromatic carbocycles. The molecule has 37 heavy (non-hydrogen) atoms. The predicted molar refractivity (Wildman–Crippen MR) is 141 cm³/mol. The fraction of sp³-hybridized carbons (Fsp3) is 0.552. The first-order chi connectivity index (χ1) is 17.8. The molecule has 7 nitrogen and oxygen atoms in total. The van der Waals surface area contributed by atoms with Crippen molar-refractivity contribution < 1.29 is 14.1 Å². The molecule has 4 bridgehead atoms. The lowest BCUT2D eigenvalue weighted by molar-refractivity contribution is -0.384. The van der Waals surface area contributed by atoms with E-state index in [9.17, 15) is 19.3 Å². The second kappa shape index (κ2) is 9.30. The fourth-order valence-electron chi connectivity index (χ4n) is 8.06. The Morgan fingerprint density at radius 1 is 1.03 bits per heavy atom. The summed E-state index contributed by atoms with van der Waals surface area (Å²) in [5.41, 5.74) is 2.21. The molecule has 2 aromatic rings. The second-order valence-electron chi connectivity index (χ2n) is 11.9. The second-order valence-corrected chi connectivity index (χ2v) is 11.9. The number of nitro groups is 1. The van der Waals surface area contributed by atoms with Crippen LogP contribution >= 0.6 is 0 Å². The van der Waals surface area contributed by atoms with Gasteiger partial charge in [0.25, 0.3) is 11.6 Å². The summed E-state index contributed by atoms with van der Waals surface area (Å²) in [7, 11) is 0. The van der Waals surface area contributed by atoms with Gasteiger partial charge in [-0.05, 0) is 98.9 Å². The number of rotatable bonds is 6. The summed E-state index contributed by atoms with van der Waals surface area (Å²) in [6.07, 6.45) is 7.83. The van der Waals surface area contributed by atoms with Gasteiger partial charge in [0.15, 0.2) is 0 Å². The Kier molecular flexibility index (Phi) is 6.08. The van der Waals surface area contributed by atoms with Gasteiger partial charge in [0.05, 0.1) is 4.92 Å². The average Bonchev–Trinajstić information content (AvgIpc) is 2.87. The molecular formula is C29H35FN4O3. The molecule has 4 aliphatic carbocycles. The van der Waals surface area contributed by atoms with Crippen LogP contribution in [0.4, 0.5) is 21.5 Å². The zero-order valence-electron chi connectivity index (χ0n) is 21.4. The highest BCUT2D eigenvalue weighted by molar-refractivity contribution is 5.94. The summed E-state index contributed by atoms with van der Waals surface area (Å²) in [4.78, 5) is 28.3. The van der Waals surface area contributed by atoms with Crippen molar-refractivity contribution >= 4 is 23.0 Å². The van der Waals surface area contributed by atoms with Gasteiger partial charge in [0.1, 0.15) is 11.5 Å². The molecule has 8 heteroatoms. The third-order valence-corrected chi connectivity index (χ3v) is 9.56. The lowest BCUT2D eigenvalue weighted by Gasteiger charge is -2.59. The van der Waals surface area contributed by atoms with Gasteiger partial charge in [-0.1, -0.05) is 6.07 Å². The summed E-state index contributed by atoms with van der Waals surface area (Å²) < 4.78 is 13.6. The van der Waals surface area contributed by atoms with Crippen LogP contribution in [0.2, 0.25) is 0 Å². The van der Waals surface area contributed by atoms with E-state index in [0.29, 0.717) is 37.4 Å². The number of hydrogen-bond acceptors (Lipinski definition) is 5. The van der Waals surface area contributed by atoms with Gasteiger partial charge in [0, 0.05) is 49.5 Å². The normalized spacial score (nSPS) is 29.3. The largest absolute Gasteiger partial charge is 0.376 e. The molecule has 5 fully saturated rings. The number of benzene rings is 2. The van der Waals surface area contributed by atoms with E-state index in [1.54, 1.807) is 23.1 Å². The van der Waals surface area contributed by atoms with Crippen molar-refractivity contribution in [1.82, 2.24) is 4.90 Å². The highest BCUT2D eigenvalue weighted by atomic mass is 19.1. The minimum absolute atomic E-state index is 0.111. The third-order valence-electron chi connectivity index (χ3n) is 9.56. The van der Waals surface area contributed by atoms with Crippen LogP contribution in [0.3, 0.4) is 0 Å². The number of amides is 1. The fourth-order valence-corrected chi connectivity index (χ4v) is 8.06. The Bertz CT molecular complexity index is 1170. The Labute approximate surface area is 217 Å². The molecule has 1 saturated heterocycles. The van der Waals surface area contributed by atoms with Crippen LogP contribution in [-0.4, -0.2) is 48.0 Å². The van der Waals surface area contributed by atoms with E-state index in [0.717, 1.165) is 23.4 Å². The van der Waals surface area contributed by atoms with Crippen molar-refractivity contribution in [2.75, 3.05) is 36.4 Å². The maximum Gasteiger partial charge on any atom is 0.292 e. The van der Waals surface area contributed by atoms with Gasteiger partial charge >= 0.3 is 0 Å². The van der Waals surface area contributed by atoms with Gasteiger partial charge < -0.3 is 15.1 Å². The smallest absolute Gasteiger partial charge is 0.292 e. The number of hydrogen-bond donors (Lipinski definition) is 1. The Hall–Kier alpha value is -3.16. The molecule has 196 valence electrons. The van der Waals surface area contributed by atoms with Crippen LogP contribution in [0, 0.1) is 39.1 Å². The summed E-state index contributed by atoms with van der Waals surface area (Å²) in [6.45, 7) is 4.48. The van der Waals surface area contributed by atoms with Crippen molar-refractivity contribution in [3.8, 4) is 0 Å². The monoisotopic (exact) mass is 506 g/mol. The summed E-state index contributed by atoms with van der Waals surface area (Å²) in [5.74, 6) is 1.88. The minimum atomic E-state index is -0.418. The molecule has 0 spiro atoms. The first-order valence-corrected chi connectivity index (χ1v) is 13.6. The van der Waals surface area contributed by atoms with E-state index >= 15 is 0 Å². The number of carbonyl (C=O) groups is 1. The van der Waals surface area contributed by atoms with E-state index < -0.39 is 5.82 Å². The number of nitrogens with zero attached hydrogens (tertiary/aromatic N) is 3. The average molecular weight is 507 g/mol. The summed E-state index contributed by atoms with van der Waals surface area (Å²) >= 11 is 0. The molecule has 1 atom stereocenters. The van der Waals surface area contributed by atoms with Crippen LogP contribution in [0.25, 0.3) is 0 Å². The first kappa shape index (κ1) is 24.2. The molecule has 4 saturated carbocycles. The maximum absolute atomic E-state index is 13.6. The van der Waals surface area contributed by atoms with Gasteiger partial charge in [-0.2, -0.15) is 0 Å². The van der Waals surface area contributed by atoms with E-state index in [-0.39, 0.29) is 28.0 Å². The van der Waals surface area contributed by atoms with Crippen LogP contribution in [-0.2, 0) is 0 Å². The number of anilines is 2. The molecule has 1 amide bonds. The van der Waals surface area contributed by atoms with E-state index in [2.05, 4.69) is 17.1 Å². The number of carbonyl (C=O) groups excluding carboxylic acids is 1. The van der Waals surface area contributed by atoms with Gasteiger partial charge in [-0.25, -0.2) is 4.39 Å². The molecule has 7 rings (SSSR count). The van der Waals surface area contributed by atoms with Crippen molar-refractivity contribution in [2.24, 2.45) is 23.2 Å². The van der Waals surface area contributed by atoms with E-state index in [1.807, 2.05) is 12.1 Å². The summed E-state index contributed by atoms with van der Waals surface area (Å²) in [6, 6.07) is 11.3. The molecule has 0 unspecified atom stereocenters. The SMILES string of the molecule is C[C@H](Nc1cc(N2CCN(C(=O)c3cccc(F)c3)CC2)ccc1[N+](=O)[O-])C12CC3CC(CC(C3)C1)C2. The van der Waals surface area contributed by atoms with Crippen LogP contribution in [0.5, 0.6) is 0 Å². The lowest BCUT2D eigenvalue weighted by Crippen LogP contribution is -2.53.